The molecule has 0 fully saturated rings. The van der Waals surface area contributed by atoms with Crippen molar-refractivity contribution in [1.29, 1.82) is 0 Å². The first-order valence-electron chi connectivity index (χ1n) is 9.69. The van der Waals surface area contributed by atoms with Gasteiger partial charge in [-0.25, -0.2) is 4.79 Å². The van der Waals surface area contributed by atoms with Gasteiger partial charge in [0.15, 0.2) is 0 Å². The van der Waals surface area contributed by atoms with Crippen LogP contribution in [0.2, 0.25) is 0 Å². The highest BCUT2D eigenvalue weighted by molar-refractivity contribution is 5.97. The van der Waals surface area contributed by atoms with E-state index in [9.17, 15) is 18.0 Å². The van der Waals surface area contributed by atoms with Crippen LogP contribution in [0.5, 0.6) is 5.75 Å². The van der Waals surface area contributed by atoms with Crippen LogP contribution in [0.4, 0.5) is 18.0 Å². The lowest BCUT2D eigenvalue weighted by Crippen LogP contribution is -2.32. The molecule has 1 amide bonds. The number of carbonyl (C=O) groups is 1. The van der Waals surface area contributed by atoms with E-state index in [0.29, 0.717) is 33.3 Å². The Morgan fingerprint density at radius 2 is 1.72 bits per heavy atom. The molecule has 1 N–H and O–H groups in total. The summed E-state index contributed by atoms with van der Waals surface area (Å²) >= 11 is 0. The molecule has 0 saturated carbocycles. The van der Waals surface area contributed by atoms with Crippen LogP contribution in [0.1, 0.15) is 31.9 Å². The van der Waals surface area contributed by atoms with Crippen LogP contribution in [-0.4, -0.2) is 28.0 Å². The molecule has 1 aromatic heterocycles. The third kappa shape index (κ3) is 5.75. The van der Waals surface area contributed by atoms with Crippen molar-refractivity contribution in [2.45, 2.75) is 39.3 Å². The van der Waals surface area contributed by atoms with E-state index >= 15 is 0 Å². The van der Waals surface area contributed by atoms with Crippen LogP contribution >= 0.6 is 0 Å². The van der Waals surface area contributed by atoms with E-state index in [0.717, 1.165) is 0 Å². The van der Waals surface area contributed by atoms with Crippen molar-refractivity contribution < 1.29 is 27.4 Å². The highest BCUT2D eigenvalue weighted by Gasteiger charge is 2.31. The predicted molar refractivity (Wildman–Crippen MR) is 115 cm³/mol. The number of hydrogen-bond donors (Lipinski definition) is 1. The molecule has 0 aliphatic rings. The predicted octanol–water partition coefficient (Wildman–Crippen LogP) is 5.86. The number of aromatic nitrogens is 2. The summed E-state index contributed by atoms with van der Waals surface area (Å²) in [5.74, 6) is -0.328. The van der Waals surface area contributed by atoms with Crippen molar-refractivity contribution in [1.82, 2.24) is 15.3 Å². The van der Waals surface area contributed by atoms with Crippen molar-refractivity contribution >= 4 is 23.2 Å². The highest BCUT2D eigenvalue weighted by atomic mass is 19.4. The zero-order valence-electron chi connectivity index (χ0n) is 17.8. The van der Waals surface area contributed by atoms with E-state index in [-0.39, 0.29) is 12.3 Å². The van der Waals surface area contributed by atoms with E-state index in [4.69, 9.17) is 4.74 Å². The van der Waals surface area contributed by atoms with Crippen LogP contribution in [0.15, 0.2) is 49.3 Å². The molecule has 9 heteroatoms. The second-order valence-electron chi connectivity index (χ2n) is 7.88. The minimum atomic E-state index is -4.77. The van der Waals surface area contributed by atoms with Gasteiger partial charge in [0, 0.05) is 30.1 Å². The topological polar surface area (TPSA) is 73.3 Å². The first kappa shape index (κ1) is 23.1. The molecule has 0 saturated heterocycles. The summed E-state index contributed by atoms with van der Waals surface area (Å²) in [6, 6.07) is 7.26. The number of fused-ring (bicyclic) bond motifs is 1. The molecule has 0 unspecified atom stereocenters. The van der Waals surface area contributed by atoms with Gasteiger partial charge < -0.3 is 14.8 Å². The summed E-state index contributed by atoms with van der Waals surface area (Å²) in [5, 5.41) is 2.71. The summed E-state index contributed by atoms with van der Waals surface area (Å²) < 4.78 is 46.6. The molecule has 0 radical (unpaired) electrons. The molecule has 0 spiro atoms. The van der Waals surface area contributed by atoms with Crippen molar-refractivity contribution in [2.24, 2.45) is 0 Å². The van der Waals surface area contributed by atoms with E-state index in [2.05, 4.69) is 26.6 Å². The average molecular weight is 445 g/mol. The normalized spacial score (nSPS) is 11.8. The third-order valence-electron chi connectivity index (χ3n) is 4.30. The van der Waals surface area contributed by atoms with Crippen molar-refractivity contribution in [2.75, 3.05) is 0 Å². The number of hydrogen-bond acceptors (Lipinski definition) is 5. The molecule has 32 heavy (non-hydrogen) atoms. The minimum absolute atomic E-state index is 0.130. The fourth-order valence-corrected chi connectivity index (χ4v) is 3.12. The Morgan fingerprint density at radius 3 is 2.28 bits per heavy atom. The summed E-state index contributed by atoms with van der Waals surface area (Å²) in [5.41, 5.74) is 3.09. The van der Waals surface area contributed by atoms with Gasteiger partial charge in [-0.2, -0.15) is 0 Å². The van der Waals surface area contributed by atoms with Crippen molar-refractivity contribution in [3.63, 3.8) is 0 Å². The number of halogens is 3. The second kappa shape index (κ2) is 8.86. The molecule has 3 rings (SSSR count). The summed E-state index contributed by atoms with van der Waals surface area (Å²) in [7, 11) is 0. The van der Waals surface area contributed by atoms with Crippen molar-refractivity contribution in [3.8, 4) is 16.9 Å². The van der Waals surface area contributed by atoms with Gasteiger partial charge in [-0.05, 0) is 50.1 Å². The molecular weight excluding hydrogens is 423 g/mol. The number of alkyl carbamates (subject to hydrolysis) is 1. The summed E-state index contributed by atoms with van der Waals surface area (Å²) in [4.78, 5) is 20.9. The van der Waals surface area contributed by atoms with E-state index in [1.165, 1.54) is 36.7 Å². The lowest BCUT2D eigenvalue weighted by atomic mass is 9.96. The Labute approximate surface area is 183 Å². The fourth-order valence-electron chi connectivity index (χ4n) is 3.12. The number of benzene rings is 2. The molecule has 2 aromatic carbocycles. The molecule has 3 aromatic rings. The fraction of sp³-hybridized carbons (Fsp3) is 0.261. The lowest BCUT2D eigenvalue weighted by Gasteiger charge is -2.20. The maximum Gasteiger partial charge on any atom is 0.573 e. The van der Waals surface area contributed by atoms with Crippen LogP contribution in [0.3, 0.4) is 0 Å². The molecule has 168 valence electrons. The standard InChI is InChI=1S/C23H22F3N3O3/c1-5-17-15(13-29-21(30)32-22(2,3)4)12-18(20-19(17)27-10-11-28-20)14-6-8-16(9-7-14)31-23(24,25)26/h5-12H,1,13H2,2-4H3,(H,29,30). The average Bonchev–Trinajstić information content (AvgIpc) is 2.69. The quantitative estimate of drug-likeness (QED) is 0.532. The van der Waals surface area contributed by atoms with Crippen LogP contribution in [0.25, 0.3) is 28.2 Å². The van der Waals surface area contributed by atoms with Gasteiger partial charge in [-0.15, -0.1) is 13.2 Å². The molecule has 0 aliphatic heterocycles. The number of rotatable bonds is 5. The highest BCUT2D eigenvalue weighted by Crippen LogP contribution is 2.33. The van der Waals surface area contributed by atoms with Gasteiger partial charge in [0.25, 0.3) is 0 Å². The zero-order chi connectivity index (χ0) is 23.5. The number of nitrogens with one attached hydrogen (secondary N) is 1. The Kier molecular flexibility index (Phi) is 6.38. The molecule has 1 heterocycles. The molecule has 0 bridgehead atoms. The Balaban J connectivity index is 2.01. The number of amides is 1. The van der Waals surface area contributed by atoms with Crippen LogP contribution < -0.4 is 10.1 Å². The smallest absolute Gasteiger partial charge is 0.444 e. The minimum Gasteiger partial charge on any atom is -0.444 e. The third-order valence-corrected chi connectivity index (χ3v) is 4.30. The monoisotopic (exact) mass is 445 g/mol. The summed E-state index contributed by atoms with van der Waals surface area (Å²) in [6.07, 6.45) is -0.677. The Morgan fingerprint density at radius 1 is 1.09 bits per heavy atom. The van der Waals surface area contributed by atoms with E-state index in [1.54, 1.807) is 32.9 Å². The molecule has 0 atom stereocenters. The van der Waals surface area contributed by atoms with Crippen LogP contribution in [0, 0.1) is 0 Å². The molecule has 0 aliphatic carbocycles. The number of nitrogens with zero attached hydrogens (tertiary/aromatic N) is 2. The van der Waals surface area contributed by atoms with Crippen LogP contribution in [-0.2, 0) is 11.3 Å². The summed E-state index contributed by atoms with van der Waals surface area (Å²) in [6.45, 7) is 9.26. The van der Waals surface area contributed by atoms with Gasteiger partial charge in [-0.3, -0.25) is 9.97 Å². The number of carbonyl (C=O) groups excluding carboxylic acids is 1. The molecule has 6 nitrogen and oxygen atoms in total. The van der Waals surface area contributed by atoms with Gasteiger partial charge in [0.2, 0.25) is 0 Å². The zero-order valence-corrected chi connectivity index (χ0v) is 17.8. The molecular formula is C23H22F3N3O3. The van der Waals surface area contributed by atoms with E-state index in [1.807, 2.05) is 0 Å². The maximum atomic E-state index is 12.5. The van der Waals surface area contributed by atoms with Gasteiger partial charge >= 0.3 is 12.5 Å². The van der Waals surface area contributed by atoms with E-state index < -0.39 is 18.1 Å². The lowest BCUT2D eigenvalue weighted by molar-refractivity contribution is -0.274. The van der Waals surface area contributed by atoms with Gasteiger partial charge in [0.1, 0.15) is 11.4 Å². The van der Waals surface area contributed by atoms with Gasteiger partial charge in [-0.1, -0.05) is 24.8 Å². The Bertz CT molecular complexity index is 1140. The largest absolute Gasteiger partial charge is 0.573 e. The number of alkyl halides is 3. The SMILES string of the molecule is C=Cc1c(CNC(=O)OC(C)(C)C)cc(-c2ccc(OC(F)(F)F)cc2)c2nccnc12. The second-order valence-corrected chi connectivity index (χ2v) is 7.88. The first-order chi connectivity index (χ1) is 15.0. The first-order valence-corrected chi connectivity index (χ1v) is 9.69. The maximum absolute atomic E-state index is 12.5. The van der Waals surface area contributed by atoms with Gasteiger partial charge in [0.05, 0.1) is 11.0 Å². The Hall–Kier alpha value is -3.62. The number of ether oxygens (including phenoxy) is 2. The van der Waals surface area contributed by atoms with Crippen molar-refractivity contribution in [3.05, 3.63) is 60.4 Å².